The van der Waals surface area contributed by atoms with Gasteiger partial charge in [0.25, 0.3) is 0 Å². The molecule has 0 saturated heterocycles. The molecule has 15 nitrogen and oxygen atoms in total. The molecular weight excluding hydrogens is 1600 g/mol. The van der Waals surface area contributed by atoms with E-state index in [4.69, 9.17) is 59.8 Å². The van der Waals surface area contributed by atoms with E-state index in [2.05, 4.69) is 329 Å². The minimum atomic E-state index is 0.677. The molecule has 0 bridgehead atoms. The Balaban J connectivity index is 0.000000106. The minimum Gasteiger partial charge on any atom is -0.284 e. The zero-order valence-electron chi connectivity index (χ0n) is 70.2. The van der Waals surface area contributed by atoms with E-state index in [1.165, 1.54) is 27.1 Å². The van der Waals surface area contributed by atoms with E-state index in [1.807, 2.05) is 116 Å². The van der Waals surface area contributed by atoms with Gasteiger partial charge in [-0.1, -0.05) is 328 Å². The summed E-state index contributed by atoms with van der Waals surface area (Å²) in [5.41, 5.74) is 27.5. The van der Waals surface area contributed by atoms with Crippen LogP contribution in [-0.4, -0.2) is 73.0 Å². The summed E-state index contributed by atoms with van der Waals surface area (Å²) in [6.07, 6.45) is 6.05. The van der Waals surface area contributed by atoms with Crippen LogP contribution in [0.5, 0.6) is 0 Å². The number of imidazole rings is 3. The molecule has 0 saturated carbocycles. The largest absolute Gasteiger partial charge is 0.284 e. The molecule has 0 aliphatic heterocycles. The van der Waals surface area contributed by atoms with Crippen LogP contribution in [0.2, 0.25) is 0 Å². The van der Waals surface area contributed by atoms with Gasteiger partial charge in [-0.15, -0.1) is 0 Å². The van der Waals surface area contributed by atoms with Gasteiger partial charge in [0.2, 0.25) is 0 Å². The first-order chi connectivity index (χ1) is 64.9. The van der Waals surface area contributed by atoms with Crippen LogP contribution in [0.3, 0.4) is 0 Å². The Morgan fingerprint density at radius 1 is 0.153 bits per heavy atom. The van der Waals surface area contributed by atoms with Gasteiger partial charge >= 0.3 is 0 Å². The van der Waals surface area contributed by atoms with Crippen molar-refractivity contribution in [1.29, 1.82) is 0 Å². The normalized spacial score (nSPS) is 11.7. The first-order valence-electron chi connectivity index (χ1n) is 43.6. The van der Waals surface area contributed by atoms with Crippen molar-refractivity contribution in [2.75, 3.05) is 0 Å². The molecule has 0 spiro atoms. The van der Waals surface area contributed by atoms with E-state index in [0.29, 0.717) is 17.5 Å². The highest BCUT2D eigenvalue weighted by Gasteiger charge is 2.24. The van der Waals surface area contributed by atoms with Crippen molar-refractivity contribution in [3.63, 3.8) is 0 Å². The van der Waals surface area contributed by atoms with Crippen LogP contribution in [0.4, 0.5) is 0 Å². The van der Waals surface area contributed by atoms with Gasteiger partial charge in [-0.3, -0.25) is 13.2 Å². The lowest BCUT2D eigenvalue weighted by Crippen LogP contribution is -1.96. The Bertz CT molecular complexity index is 9290. The number of fused-ring (bicyclic) bond motifs is 20. The summed E-state index contributed by atoms with van der Waals surface area (Å²) in [6.45, 7) is 0. The summed E-state index contributed by atoms with van der Waals surface area (Å²) in [7, 11) is 0. The minimum absolute atomic E-state index is 0.677. The molecule has 0 radical (unpaired) electrons. The van der Waals surface area contributed by atoms with Crippen molar-refractivity contribution >= 4 is 137 Å². The molecule has 0 amide bonds. The average molecular weight is 1670 g/mol. The Morgan fingerprint density at radius 3 is 0.893 bits per heavy atom. The van der Waals surface area contributed by atoms with Gasteiger partial charge in [0.05, 0.1) is 50.7 Å². The molecule has 12 heterocycles. The maximum atomic E-state index is 5.23. The van der Waals surface area contributed by atoms with Crippen LogP contribution in [0.25, 0.3) is 250 Å². The molecule has 610 valence electrons. The quantitative estimate of drug-likeness (QED) is 0.127. The first-order valence-corrected chi connectivity index (χ1v) is 43.6. The number of benzene rings is 15. The Kier molecular flexibility index (Phi) is 18.2. The molecule has 0 atom stereocenters. The first kappa shape index (κ1) is 75.4. The summed E-state index contributed by atoms with van der Waals surface area (Å²) in [5, 5.41) is 14.3. The fraction of sp³-hybridized carbons (Fsp3) is 0. The second-order valence-corrected chi connectivity index (χ2v) is 32.7. The maximum absolute atomic E-state index is 5.23. The summed E-state index contributed by atoms with van der Waals surface area (Å²) < 4.78 is 6.16. The molecule has 0 unspecified atom stereocenters. The zero-order chi connectivity index (χ0) is 86.4. The summed E-state index contributed by atoms with van der Waals surface area (Å²) in [5.74, 6) is 2.04. The number of hydrogen-bond donors (Lipinski definition) is 0. The van der Waals surface area contributed by atoms with Crippen molar-refractivity contribution in [2.24, 2.45) is 0 Å². The predicted molar refractivity (Wildman–Crippen MR) is 533 cm³/mol. The maximum Gasteiger partial charge on any atom is 0.165 e. The molecule has 12 aromatic heterocycles. The van der Waals surface area contributed by atoms with Crippen molar-refractivity contribution in [3.05, 3.63) is 431 Å². The van der Waals surface area contributed by atoms with E-state index >= 15 is 0 Å². The van der Waals surface area contributed by atoms with Crippen LogP contribution < -0.4 is 0 Å². The Morgan fingerprint density at radius 2 is 0.450 bits per heavy atom. The van der Waals surface area contributed by atoms with E-state index in [0.717, 1.165) is 205 Å². The lowest BCUT2D eigenvalue weighted by molar-refractivity contribution is 1.19. The van der Waals surface area contributed by atoms with Gasteiger partial charge in [-0.05, 0) is 118 Å². The molecular formula is C116H71N15. The van der Waals surface area contributed by atoms with Gasteiger partial charge in [0.1, 0.15) is 33.5 Å². The highest BCUT2D eigenvalue weighted by Crippen LogP contribution is 2.43. The van der Waals surface area contributed by atoms with Gasteiger partial charge in [0.15, 0.2) is 34.4 Å². The third-order valence-electron chi connectivity index (χ3n) is 24.8. The highest BCUT2D eigenvalue weighted by molar-refractivity contribution is 6.13. The summed E-state index contributed by atoms with van der Waals surface area (Å²) >= 11 is 0. The number of hydrogen-bond acceptors (Lipinski definition) is 12. The zero-order valence-corrected chi connectivity index (χ0v) is 70.2. The molecule has 27 rings (SSSR count). The third kappa shape index (κ3) is 13.4. The highest BCUT2D eigenvalue weighted by atomic mass is 15.1. The second-order valence-electron chi connectivity index (χ2n) is 32.7. The summed E-state index contributed by atoms with van der Waals surface area (Å²) in [6, 6.07) is 142. The second kappa shape index (κ2) is 31.5. The number of nitrogens with zero attached hydrogens (tertiary/aromatic N) is 15. The molecule has 0 N–H and O–H groups in total. The van der Waals surface area contributed by atoms with Crippen molar-refractivity contribution in [1.82, 2.24) is 73.0 Å². The molecule has 0 fully saturated rings. The molecule has 27 aromatic rings. The molecule has 0 aliphatic carbocycles. The molecule has 131 heavy (non-hydrogen) atoms. The molecule has 15 heteroatoms. The van der Waals surface area contributed by atoms with Gasteiger partial charge in [-0.2, -0.15) is 0 Å². The predicted octanol–water partition coefficient (Wildman–Crippen LogP) is 27.9. The average Bonchev–Trinajstić information content (AvgIpc) is 1.64. The third-order valence-corrected chi connectivity index (χ3v) is 24.8. The Hall–Kier alpha value is -18.1. The van der Waals surface area contributed by atoms with Crippen LogP contribution in [-0.2, 0) is 0 Å². The SMILES string of the molecule is c1cc(-c2nc(-c3ccc4ccccc4c3)c3ccccc3n2)cc(-c2nc3c(nc4ccccn43)c3ccccc23)c1.c1cc(-c2nc(-c3cccc4ccccc34)c3ccccc3n2)cc(-c2nc3c(nc4ccccn43)c3ccccc23)c1.c1ccc(-c2cccc(-c3nc(-c4cccc(-c5nc6c(nc7ccccn76)c6ccccc56)c4)nc4ccccc34)c2)cc1. The molecule has 0 aliphatic rings. The Labute approximate surface area is 749 Å². The standard InChI is InChI=1S/C40H25N5.2C38H23N5/c1-2-12-26(13-3-1)27-14-10-15-28(24-27)37-33-20-6-7-21-34(33)41-39(43-37)30-17-11-16-29(25-30)36-31-18-4-5-19-32(31)38-40(44-36)45-23-9-8-22-35(45)42-38;1-2-15-27-24(11-1)12-10-19-28(27)35-31-18-5-6-20-32(31)39-37(41-35)26-14-9-13-25(23-26)34-29-16-3-4-17-30(29)36-38(42-34)43-22-8-7-21-33(43)40-36;1-2-11-25-22-27(20-19-24(25)10-1)35-31-16-5-6-17-32(31)39-37(41-35)28-13-9-12-26(23-28)34-29-14-3-4-15-30(29)36-38(42-34)43-21-8-7-18-33(43)40-36/h1-25H;2*1-23H. The van der Waals surface area contributed by atoms with Crippen molar-refractivity contribution in [3.8, 4) is 113 Å². The van der Waals surface area contributed by atoms with E-state index < -0.39 is 0 Å². The fourth-order valence-electron chi connectivity index (χ4n) is 18.6. The van der Waals surface area contributed by atoms with E-state index in [-0.39, 0.29) is 0 Å². The van der Waals surface area contributed by atoms with Crippen molar-refractivity contribution < 1.29 is 0 Å². The summed E-state index contributed by atoms with van der Waals surface area (Å²) in [4.78, 5) is 61.1. The van der Waals surface area contributed by atoms with Crippen LogP contribution in [0.1, 0.15) is 0 Å². The smallest absolute Gasteiger partial charge is 0.165 e. The lowest BCUT2D eigenvalue weighted by Gasteiger charge is -2.12. The number of rotatable bonds is 10. The number of aromatic nitrogens is 15. The van der Waals surface area contributed by atoms with E-state index in [1.54, 1.807) is 0 Å². The van der Waals surface area contributed by atoms with Crippen LogP contribution >= 0.6 is 0 Å². The monoisotopic (exact) mass is 1670 g/mol. The van der Waals surface area contributed by atoms with Crippen LogP contribution in [0, 0.1) is 0 Å². The topological polar surface area (TPSA) is 168 Å². The van der Waals surface area contributed by atoms with Gasteiger partial charge in [0, 0.05) is 117 Å². The number of pyridine rings is 6. The van der Waals surface area contributed by atoms with Crippen LogP contribution in [0.15, 0.2) is 431 Å². The lowest BCUT2D eigenvalue weighted by atomic mass is 9.98. The van der Waals surface area contributed by atoms with E-state index in [9.17, 15) is 0 Å². The molecule has 15 aromatic carbocycles. The van der Waals surface area contributed by atoms with Gasteiger partial charge in [-0.25, -0.2) is 59.8 Å². The number of para-hydroxylation sites is 3. The fourth-order valence-corrected chi connectivity index (χ4v) is 18.6. The van der Waals surface area contributed by atoms with Crippen molar-refractivity contribution in [2.45, 2.75) is 0 Å². The van der Waals surface area contributed by atoms with Gasteiger partial charge < -0.3 is 0 Å².